The van der Waals surface area contributed by atoms with E-state index in [0.29, 0.717) is 18.7 Å². The SMILES string of the molecule is CCC[C@H](NC(=O)Cc1cc(F)cc(F)c1)C(=O)Nc1cn(C(C)(C)CNCC(C)(C)C)cn1. The van der Waals surface area contributed by atoms with Crippen molar-refractivity contribution in [3.8, 4) is 0 Å². The molecule has 7 nitrogen and oxygen atoms in total. The second-order valence-corrected chi connectivity index (χ2v) is 10.5. The number of amides is 2. The maximum atomic E-state index is 13.4. The van der Waals surface area contributed by atoms with E-state index in [2.05, 4.69) is 55.6 Å². The van der Waals surface area contributed by atoms with Gasteiger partial charge in [-0.1, -0.05) is 34.1 Å². The van der Waals surface area contributed by atoms with Crippen LogP contribution in [0.2, 0.25) is 0 Å². The van der Waals surface area contributed by atoms with Gasteiger partial charge in [0.25, 0.3) is 0 Å². The molecule has 0 saturated carbocycles. The topological polar surface area (TPSA) is 88.0 Å². The molecule has 0 bridgehead atoms. The minimum absolute atomic E-state index is 0.172. The van der Waals surface area contributed by atoms with Crippen LogP contribution in [-0.2, 0) is 21.5 Å². The molecule has 0 aliphatic carbocycles. The smallest absolute Gasteiger partial charge is 0.248 e. The summed E-state index contributed by atoms with van der Waals surface area (Å²) >= 11 is 0. The Bertz CT molecular complexity index is 962. The molecule has 0 saturated heterocycles. The molecule has 2 rings (SSSR count). The molecule has 0 spiro atoms. The van der Waals surface area contributed by atoms with Crippen molar-refractivity contribution in [1.82, 2.24) is 20.2 Å². The first-order chi connectivity index (χ1) is 15.8. The number of anilines is 1. The molecule has 188 valence electrons. The van der Waals surface area contributed by atoms with E-state index in [4.69, 9.17) is 0 Å². The molecular weight excluding hydrogens is 440 g/mol. The lowest BCUT2D eigenvalue weighted by Crippen LogP contribution is -2.44. The van der Waals surface area contributed by atoms with Gasteiger partial charge in [-0.2, -0.15) is 0 Å². The Morgan fingerprint density at radius 1 is 1.06 bits per heavy atom. The van der Waals surface area contributed by atoms with Crippen LogP contribution in [0.3, 0.4) is 0 Å². The standard InChI is InChI=1S/C25H37F2N5O2/c1-7-8-20(30-22(33)11-17-9-18(26)12-19(27)10-17)23(34)31-21-13-32(16-29-21)25(5,6)15-28-14-24(2,3)4/h9-10,12-13,16,20,28H,7-8,11,14-15H2,1-6H3,(H,30,33)(H,31,34)/t20-/m0/s1. The number of benzene rings is 1. The van der Waals surface area contributed by atoms with E-state index in [-0.39, 0.29) is 22.9 Å². The molecule has 0 fully saturated rings. The molecule has 0 unspecified atom stereocenters. The van der Waals surface area contributed by atoms with Crippen molar-refractivity contribution < 1.29 is 18.4 Å². The number of nitrogens with one attached hydrogen (secondary N) is 3. The van der Waals surface area contributed by atoms with Crippen molar-refractivity contribution in [3.05, 3.63) is 47.9 Å². The maximum Gasteiger partial charge on any atom is 0.248 e. The summed E-state index contributed by atoms with van der Waals surface area (Å²) in [5.41, 5.74) is 0.108. The predicted octanol–water partition coefficient (Wildman–Crippen LogP) is 4.00. The molecule has 1 aromatic heterocycles. The van der Waals surface area contributed by atoms with Crippen molar-refractivity contribution in [3.63, 3.8) is 0 Å². The van der Waals surface area contributed by atoms with Crippen LogP contribution in [0.4, 0.5) is 14.6 Å². The van der Waals surface area contributed by atoms with Crippen LogP contribution in [0.1, 0.15) is 59.9 Å². The van der Waals surface area contributed by atoms with Crippen molar-refractivity contribution in [2.24, 2.45) is 5.41 Å². The number of halogens is 2. The number of carbonyl (C=O) groups excluding carboxylic acids is 2. The largest absolute Gasteiger partial charge is 0.344 e. The third kappa shape index (κ3) is 8.85. The van der Waals surface area contributed by atoms with Gasteiger partial charge in [0.1, 0.15) is 17.7 Å². The van der Waals surface area contributed by atoms with E-state index >= 15 is 0 Å². The van der Waals surface area contributed by atoms with Crippen LogP contribution >= 0.6 is 0 Å². The Balaban J connectivity index is 1.98. The Kier molecular flexibility index (Phi) is 9.32. The van der Waals surface area contributed by atoms with Gasteiger partial charge in [0.05, 0.1) is 18.3 Å². The van der Waals surface area contributed by atoms with Gasteiger partial charge in [0.2, 0.25) is 11.8 Å². The lowest BCUT2D eigenvalue weighted by atomic mass is 9.96. The van der Waals surface area contributed by atoms with Crippen molar-refractivity contribution >= 4 is 17.6 Å². The summed E-state index contributed by atoms with van der Waals surface area (Å²) < 4.78 is 28.7. The van der Waals surface area contributed by atoms with E-state index in [1.54, 1.807) is 12.5 Å². The van der Waals surface area contributed by atoms with Crippen LogP contribution in [0.15, 0.2) is 30.7 Å². The summed E-state index contributed by atoms with van der Waals surface area (Å²) in [6.45, 7) is 14.1. The van der Waals surface area contributed by atoms with Gasteiger partial charge in [-0.3, -0.25) is 9.59 Å². The number of carbonyl (C=O) groups is 2. The Hall–Kier alpha value is -2.81. The fraction of sp³-hybridized carbons (Fsp3) is 0.560. The fourth-order valence-electron chi connectivity index (χ4n) is 3.47. The lowest BCUT2D eigenvalue weighted by Gasteiger charge is -2.29. The number of imidazole rings is 1. The van der Waals surface area contributed by atoms with Gasteiger partial charge in [-0.25, -0.2) is 13.8 Å². The summed E-state index contributed by atoms with van der Waals surface area (Å²) in [6.07, 6.45) is 4.27. The first-order valence-electron chi connectivity index (χ1n) is 11.6. The summed E-state index contributed by atoms with van der Waals surface area (Å²) in [7, 11) is 0. The molecular formula is C25H37F2N5O2. The van der Waals surface area contributed by atoms with Gasteiger partial charge in [0, 0.05) is 25.4 Å². The van der Waals surface area contributed by atoms with E-state index in [0.717, 1.165) is 31.3 Å². The maximum absolute atomic E-state index is 13.4. The van der Waals surface area contributed by atoms with Crippen molar-refractivity contribution in [2.75, 3.05) is 18.4 Å². The highest BCUT2D eigenvalue weighted by atomic mass is 19.1. The number of hydrogen-bond donors (Lipinski definition) is 3. The Morgan fingerprint density at radius 2 is 1.71 bits per heavy atom. The van der Waals surface area contributed by atoms with Crippen LogP contribution in [-0.4, -0.2) is 40.5 Å². The van der Waals surface area contributed by atoms with Gasteiger partial charge in [-0.05, 0) is 43.4 Å². The van der Waals surface area contributed by atoms with Gasteiger partial charge < -0.3 is 20.5 Å². The van der Waals surface area contributed by atoms with Crippen LogP contribution < -0.4 is 16.0 Å². The fourth-order valence-corrected chi connectivity index (χ4v) is 3.47. The first kappa shape index (κ1) is 27.4. The van der Waals surface area contributed by atoms with Crippen molar-refractivity contribution in [2.45, 2.75) is 72.4 Å². The third-order valence-corrected chi connectivity index (χ3v) is 5.26. The normalized spacial score (nSPS) is 12.9. The molecule has 0 radical (unpaired) electrons. The highest BCUT2D eigenvalue weighted by Crippen LogP contribution is 2.18. The van der Waals surface area contributed by atoms with E-state index in [1.165, 1.54) is 0 Å². The zero-order chi connectivity index (χ0) is 25.5. The molecule has 2 aromatic rings. The molecule has 3 N–H and O–H groups in total. The highest BCUT2D eigenvalue weighted by Gasteiger charge is 2.24. The molecule has 0 aliphatic heterocycles. The molecule has 1 aromatic carbocycles. The molecule has 1 heterocycles. The number of rotatable bonds is 11. The van der Waals surface area contributed by atoms with E-state index in [9.17, 15) is 18.4 Å². The molecule has 34 heavy (non-hydrogen) atoms. The van der Waals surface area contributed by atoms with Gasteiger partial charge >= 0.3 is 0 Å². The number of hydrogen-bond acceptors (Lipinski definition) is 4. The zero-order valence-electron chi connectivity index (χ0n) is 21.0. The first-order valence-corrected chi connectivity index (χ1v) is 11.6. The molecule has 0 aliphatic rings. The Labute approximate surface area is 200 Å². The molecule has 9 heteroatoms. The Morgan fingerprint density at radius 3 is 2.29 bits per heavy atom. The van der Waals surface area contributed by atoms with Crippen LogP contribution in [0, 0.1) is 17.0 Å². The molecule has 2 amide bonds. The summed E-state index contributed by atoms with van der Waals surface area (Å²) in [5.74, 6) is -2.00. The zero-order valence-corrected chi connectivity index (χ0v) is 21.0. The monoisotopic (exact) mass is 477 g/mol. The minimum atomic E-state index is -0.789. The van der Waals surface area contributed by atoms with Gasteiger partial charge in [0.15, 0.2) is 5.82 Å². The summed E-state index contributed by atoms with van der Waals surface area (Å²) in [5, 5.41) is 8.89. The average molecular weight is 478 g/mol. The minimum Gasteiger partial charge on any atom is -0.344 e. The highest BCUT2D eigenvalue weighted by molar-refractivity contribution is 5.96. The number of nitrogens with zero attached hydrogens (tertiary/aromatic N) is 2. The molecule has 1 atom stereocenters. The lowest BCUT2D eigenvalue weighted by molar-refractivity contribution is -0.126. The summed E-state index contributed by atoms with van der Waals surface area (Å²) in [4.78, 5) is 29.5. The predicted molar refractivity (Wildman–Crippen MR) is 129 cm³/mol. The van der Waals surface area contributed by atoms with E-state index in [1.807, 2.05) is 11.5 Å². The van der Waals surface area contributed by atoms with Crippen LogP contribution in [0.5, 0.6) is 0 Å². The number of aromatic nitrogens is 2. The quantitative estimate of drug-likeness (QED) is 0.457. The third-order valence-electron chi connectivity index (χ3n) is 5.26. The van der Waals surface area contributed by atoms with Gasteiger partial charge in [-0.15, -0.1) is 0 Å². The second-order valence-electron chi connectivity index (χ2n) is 10.5. The summed E-state index contributed by atoms with van der Waals surface area (Å²) in [6, 6.07) is 2.16. The van der Waals surface area contributed by atoms with E-state index < -0.39 is 29.5 Å². The second kappa shape index (κ2) is 11.6. The average Bonchev–Trinajstić information content (AvgIpc) is 3.15. The van der Waals surface area contributed by atoms with Crippen molar-refractivity contribution in [1.29, 1.82) is 0 Å². The van der Waals surface area contributed by atoms with Crippen LogP contribution in [0.25, 0.3) is 0 Å².